The third-order valence-corrected chi connectivity index (χ3v) is 6.97. The van der Waals surface area contributed by atoms with Crippen LogP contribution in [0.4, 0.5) is 5.69 Å². The highest BCUT2D eigenvalue weighted by molar-refractivity contribution is 5.85. The van der Waals surface area contributed by atoms with Gasteiger partial charge in [-0.1, -0.05) is 54.6 Å². The van der Waals surface area contributed by atoms with Crippen LogP contribution in [-0.4, -0.2) is 49.2 Å². The fourth-order valence-corrected chi connectivity index (χ4v) is 5.00. The Morgan fingerprint density at radius 3 is 2.32 bits per heavy atom. The van der Waals surface area contributed by atoms with Crippen molar-refractivity contribution in [1.29, 1.82) is 0 Å². The Morgan fingerprint density at radius 2 is 1.63 bits per heavy atom. The Bertz CT molecular complexity index is 1480. The predicted molar refractivity (Wildman–Crippen MR) is 153 cm³/mol. The van der Waals surface area contributed by atoms with Crippen LogP contribution in [0.3, 0.4) is 0 Å². The number of benzene rings is 3. The number of halogens is 1. The molecule has 2 heterocycles. The summed E-state index contributed by atoms with van der Waals surface area (Å²) in [4.78, 5) is 28.3. The second-order valence-corrected chi connectivity index (χ2v) is 9.23. The van der Waals surface area contributed by atoms with Gasteiger partial charge in [0.15, 0.2) is 5.43 Å². The van der Waals surface area contributed by atoms with Crippen LogP contribution < -0.4 is 15.1 Å². The summed E-state index contributed by atoms with van der Waals surface area (Å²) < 4.78 is 11.9. The van der Waals surface area contributed by atoms with Gasteiger partial charge in [0.1, 0.15) is 17.1 Å². The number of amides is 1. The number of hydrazine groups is 1. The molecule has 0 saturated carbocycles. The van der Waals surface area contributed by atoms with Gasteiger partial charge in [-0.15, -0.1) is 12.4 Å². The van der Waals surface area contributed by atoms with E-state index in [4.69, 9.17) is 9.15 Å². The lowest BCUT2D eigenvalue weighted by molar-refractivity contribution is -0.148. The molecule has 0 N–H and O–H groups in total. The van der Waals surface area contributed by atoms with Crippen molar-refractivity contribution in [2.45, 2.75) is 20.4 Å². The third-order valence-electron chi connectivity index (χ3n) is 6.97. The maximum atomic E-state index is 13.3. The van der Waals surface area contributed by atoms with Crippen molar-refractivity contribution in [2.75, 3.05) is 38.2 Å². The van der Waals surface area contributed by atoms with Crippen LogP contribution in [0.5, 0.6) is 5.75 Å². The lowest BCUT2D eigenvalue weighted by Gasteiger charge is -2.41. The molecule has 7 nitrogen and oxygen atoms in total. The molecular weight excluding hydrogens is 502 g/mol. The van der Waals surface area contributed by atoms with Crippen LogP contribution in [0.15, 0.2) is 82.0 Å². The van der Waals surface area contributed by atoms with Gasteiger partial charge < -0.3 is 14.1 Å². The molecule has 0 unspecified atom stereocenters. The maximum absolute atomic E-state index is 13.3. The fraction of sp³-hybridized carbons (Fsp3) is 0.267. The molecule has 3 aromatic carbocycles. The zero-order chi connectivity index (χ0) is 25.9. The summed E-state index contributed by atoms with van der Waals surface area (Å²) in [6.07, 6.45) is 0. The number of methoxy groups -OCH3 is 1. The van der Waals surface area contributed by atoms with Gasteiger partial charge in [0.2, 0.25) is 5.91 Å². The molecule has 5 rings (SSSR count). The monoisotopic (exact) mass is 533 g/mol. The van der Waals surface area contributed by atoms with Crippen molar-refractivity contribution < 1.29 is 13.9 Å². The van der Waals surface area contributed by atoms with E-state index in [1.165, 1.54) is 0 Å². The van der Waals surface area contributed by atoms with Gasteiger partial charge in [0.05, 0.1) is 24.7 Å². The number of anilines is 1. The fourth-order valence-electron chi connectivity index (χ4n) is 5.00. The standard InChI is InChI=1S/C30H31N3O4.ClH/c1-21-28(35)25-13-9-12-24(30(25)37-29(21)23-10-5-4-6-11-23)20-33(22(2)34)32-18-16-31(17-19-32)26-14-7-8-15-27(26)36-3;/h4-15H,16-20H2,1-3H3;1H. The van der Waals surface area contributed by atoms with Gasteiger partial charge >= 0.3 is 0 Å². The second kappa shape index (κ2) is 11.7. The van der Waals surface area contributed by atoms with Crippen molar-refractivity contribution in [3.05, 3.63) is 94.1 Å². The van der Waals surface area contributed by atoms with Crippen molar-refractivity contribution >= 4 is 35.0 Å². The van der Waals surface area contributed by atoms with Crippen LogP contribution in [0, 0.1) is 6.92 Å². The highest BCUT2D eigenvalue weighted by atomic mass is 35.5. The van der Waals surface area contributed by atoms with E-state index in [2.05, 4.69) is 16.0 Å². The molecule has 1 aliphatic rings. The van der Waals surface area contributed by atoms with Gasteiger partial charge in [-0.2, -0.15) is 0 Å². The molecule has 8 heteroatoms. The molecule has 0 radical (unpaired) electrons. The van der Waals surface area contributed by atoms with E-state index in [1.54, 1.807) is 32.0 Å². The van der Waals surface area contributed by atoms with Crippen molar-refractivity contribution in [3.8, 4) is 17.1 Å². The van der Waals surface area contributed by atoms with E-state index in [0.717, 1.165) is 35.7 Å². The van der Waals surface area contributed by atoms with E-state index in [0.29, 0.717) is 41.9 Å². The van der Waals surface area contributed by atoms with Crippen LogP contribution >= 0.6 is 12.4 Å². The third kappa shape index (κ3) is 5.26. The number of piperazine rings is 1. The molecule has 1 aliphatic heterocycles. The lowest BCUT2D eigenvalue weighted by atomic mass is 10.0. The first-order chi connectivity index (χ1) is 18.0. The average Bonchev–Trinajstić information content (AvgIpc) is 2.94. The molecule has 1 amide bonds. The van der Waals surface area contributed by atoms with E-state index >= 15 is 0 Å². The minimum absolute atomic E-state index is 0. The second-order valence-electron chi connectivity index (χ2n) is 9.23. The zero-order valence-corrected chi connectivity index (χ0v) is 22.7. The highest BCUT2D eigenvalue weighted by Crippen LogP contribution is 2.30. The van der Waals surface area contributed by atoms with Gasteiger partial charge in [-0.3, -0.25) is 14.6 Å². The number of hydrogen-bond acceptors (Lipinski definition) is 6. The number of carbonyl (C=O) groups excluding carboxylic acids is 1. The first-order valence-electron chi connectivity index (χ1n) is 12.5. The number of fused-ring (bicyclic) bond motifs is 1. The number of carbonyl (C=O) groups is 1. The molecule has 1 aromatic heterocycles. The van der Waals surface area contributed by atoms with Crippen LogP contribution in [-0.2, 0) is 11.3 Å². The number of hydrogen-bond donors (Lipinski definition) is 0. The van der Waals surface area contributed by atoms with Crippen LogP contribution in [0.1, 0.15) is 18.1 Å². The van der Waals surface area contributed by atoms with E-state index in [-0.39, 0.29) is 23.7 Å². The Labute approximate surface area is 228 Å². The molecule has 0 bridgehead atoms. The topological polar surface area (TPSA) is 66.2 Å². The molecule has 1 saturated heterocycles. The Morgan fingerprint density at radius 1 is 0.947 bits per heavy atom. The summed E-state index contributed by atoms with van der Waals surface area (Å²) in [5.74, 6) is 1.35. The van der Waals surface area contributed by atoms with Gasteiger partial charge in [0, 0.05) is 49.8 Å². The smallest absolute Gasteiger partial charge is 0.234 e. The molecule has 4 aromatic rings. The Kier molecular flexibility index (Phi) is 8.39. The maximum Gasteiger partial charge on any atom is 0.234 e. The number of rotatable bonds is 6. The van der Waals surface area contributed by atoms with E-state index in [9.17, 15) is 9.59 Å². The SMILES string of the molecule is COc1ccccc1N1CCN(N(Cc2cccc3c(=O)c(C)c(-c4ccccc4)oc23)C(C)=O)CC1.Cl. The summed E-state index contributed by atoms with van der Waals surface area (Å²) in [5, 5.41) is 4.37. The molecule has 198 valence electrons. The van der Waals surface area contributed by atoms with E-state index < -0.39 is 0 Å². The molecule has 0 aliphatic carbocycles. The van der Waals surface area contributed by atoms with Gasteiger partial charge in [-0.25, -0.2) is 5.01 Å². The molecular formula is C30H32ClN3O4. The highest BCUT2D eigenvalue weighted by Gasteiger charge is 2.26. The summed E-state index contributed by atoms with van der Waals surface area (Å²) in [6, 6.07) is 23.2. The molecule has 0 spiro atoms. The van der Waals surface area contributed by atoms with Gasteiger partial charge in [-0.05, 0) is 25.1 Å². The number of para-hydroxylation sites is 3. The van der Waals surface area contributed by atoms with Crippen molar-refractivity contribution in [3.63, 3.8) is 0 Å². The largest absolute Gasteiger partial charge is 0.495 e. The number of ether oxygens (including phenoxy) is 1. The van der Waals surface area contributed by atoms with Crippen molar-refractivity contribution in [2.24, 2.45) is 0 Å². The summed E-state index contributed by atoms with van der Waals surface area (Å²) >= 11 is 0. The average molecular weight is 534 g/mol. The zero-order valence-electron chi connectivity index (χ0n) is 21.8. The van der Waals surface area contributed by atoms with Crippen molar-refractivity contribution in [1.82, 2.24) is 10.0 Å². The first kappa shape index (κ1) is 27.2. The van der Waals surface area contributed by atoms with E-state index in [1.807, 2.05) is 60.7 Å². The molecule has 0 atom stereocenters. The Hall–Kier alpha value is -3.81. The summed E-state index contributed by atoms with van der Waals surface area (Å²) in [6.45, 7) is 6.57. The number of nitrogens with zero attached hydrogens (tertiary/aromatic N) is 3. The summed E-state index contributed by atoms with van der Waals surface area (Å²) in [5.41, 5.74) is 3.75. The summed E-state index contributed by atoms with van der Waals surface area (Å²) in [7, 11) is 1.68. The minimum atomic E-state index is -0.0551. The van der Waals surface area contributed by atoms with Gasteiger partial charge in [0.25, 0.3) is 0 Å². The normalized spacial score (nSPS) is 13.7. The first-order valence-corrected chi connectivity index (χ1v) is 12.5. The van der Waals surface area contributed by atoms with Crippen LogP contribution in [0.2, 0.25) is 0 Å². The molecule has 1 fully saturated rings. The quantitative estimate of drug-likeness (QED) is 0.336. The lowest BCUT2D eigenvalue weighted by Crippen LogP contribution is -2.55. The predicted octanol–water partition coefficient (Wildman–Crippen LogP) is 5.28. The minimum Gasteiger partial charge on any atom is -0.495 e. The molecule has 38 heavy (non-hydrogen) atoms. The Balaban J connectivity index is 0.00000336. The van der Waals surface area contributed by atoms with Crippen LogP contribution in [0.25, 0.3) is 22.3 Å².